The van der Waals surface area contributed by atoms with Crippen LogP contribution in [-0.2, 0) is 6.42 Å². The number of piperidine rings is 1. The highest BCUT2D eigenvalue weighted by atomic mass is 19.1. The maximum Gasteiger partial charge on any atom is 0.139 e. The summed E-state index contributed by atoms with van der Waals surface area (Å²) >= 11 is 0. The number of nitrogens with zero attached hydrogens (tertiary/aromatic N) is 4. The summed E-state index contributed by atoms with van der Waals surface area (Å²) in [5.74, 6) is 1.72. The standard InChI is InChI=1S/C33H35FN4O/c1-5-33(31-19-27(22(3)37-31)24-8-11-30(39-4)21(2)16-24)12-14-38(15-13-33)32-28-17-25(18-29(28)35-20-36-32)23-6-9-26(34)10-7-23/h6-11,16-17,20H,5,12-15,18-19H2,1-4H3. The Bertz CT molecular complexity index is 1510. The Morgan fingerprint density at radius 2 is 1.72 bits per heavy atom. The van der Waals surface area contributed by atoms with E-state index in [1.807, 2.05) is 12.1 Å². The Balaban J connectivity index is 1.19. The monoisotopic (exact) mass is 522 g/mol. The first-order valence-electron chi connectivity index (χ1n) is 13.9. The van der Waals surface area contributed by atoms with E-state index in [2.05, 4.69) is 54.9 Å². The Morgan fingerprint density at radius 3 is 2.41 bits per heavy atom. The molecule has 1 aliphatic carbocycles. The molecule has 0 radical (unpaired) electrons. The van der Waals surface area contributed by atoms with E-state index in [1.165, 1.54) is 29.0 Å². The van der Waals surface area contributed by atoms with Crippen molar-refractivity contribution in [3.05, 3.63) is 88.3 Å². The number of rotatable bonds is 6. The van der Waals surface area contributed by atoms with Crippen LogP contribution in [0.25, 0.3) is 17.2 Å². The van der Waals surface area contributed by atoms with Crippen LogP contribution in [0.3, 0.4) is 0 Å². The van der Waals surface area contributed by atoms with Gasteiger partial charge in [0.25, 0.3) is 0 Å². The molecule has 3 heterocycles. The highest BCUT2D eigenvalue weighted by Crippen LogP contribution is 2.45. The molecule has 6 heteroatoms. The molecule has 39 heavy (non-hydrogen) atoms. The number of aryl methyl sites for hydroxylation is 1. The van der Waals surface area contributed by atoms with Gasteiger partial charge in [-0.2, -0.15) is 0 Å². The fourth-order valence-electron chi connectivity index (χ4n) is 6.50. The summed E-state index contributed by atoms with van der Waals surface area (Å²) < 4.78 is 18.9. The number of allylic oxidation sites excluding steroid dienone is 3. The minimum Gasteiger partial charge on any atom is -0.496 e. The SMILES string of the molecule is CCC1(C2=NC(C)=C(c3ccc(OC)c(C)c3)C2)CCN(c2ncnc3c2C=C(c2ccc(F)cc2)C3)CC1. The van der Waals surface area contributed by atoms with Gasteiger partial charge in [0.2, 0.25) is 0 Å². The first-order chi connectivity index (χ1) is 18.9. The zero-order chi connectivity index (χ0) is 27.1. The van der Waals surface area contributed by atoms with Gasteiger partial charge in [0, 0.05) is 48.3 Å². The quantitative estimate of drug-likeness (QED) is 0.341. The van der Waals surface area contributed by atoms with Crippen LogP contribution < -0.4 is 9.64 Å². The van der Waals surface area contributed by atoms with Gasteiger partial charge in [0.1, 0.15) is 23.7 Å². The number of fused-ring (bicyclic) bond motifs is 1. The van der Waals surface area contributed by atoms with Gasteiger partial charge in [0.05, 0.1) is 12.8 Å². The zero-order valence-corrected chi connectivity index (χ0v) is 23.2. The lowest BCUT2D eigenvalue weighted by molar-refractivity contribution is 0.308. The molecule has 0 saturated carbocycles. The van der Waals surface area contributed by atoms with E-state index in [0.717, 1.165) is 90.4 Å². The first-order valence-corrected chi connectivity index (χ1v) is 13.9. The maximum atomic E-state index is 13.5. The molecule has 200 valence electrons. The molecule has 3 aliphatic rings. The van der Waals surface area contributed by atoms with Crippen molar-refractivity contribution in [2.75, 3.05) is 25.1 Å². The van der Waals surface area contributed by atoms with Gasteiger partial charge in [-0.1, -0.05) is 25.1 Å². The third-order valence-corrected chi connectivity index (χ3v) is 8.97. The molecule has 6 rings (SSSR count). The lowest BCUT2D eigenvalue weighted by atomic mass is 9.71. The second-order valence-electron chi connectivity index (χ2n) is 11.0. The van der Waals surface area contributed by atoms with Crippen LogP contribution in [0.5, 0.6) is 5.75 Å². The summed E-state index contributed by atoms with van der Waals surface area (Å²) in [5.41, 5.74) is 10.6. The number of anilines is 1. The van der Waals surface area contributed by atoms with Crippen LogP contribution in [0, 0.1) is 18.2 Å². The van der Waals surface area contributed by atoms with Crippen LogP contribution in [0.2, 0.25) is 0 Å². The van der Waals surface area contributed by atoms with Gasteiger partial charge in [-0.3, -0.25) is 4.99 Å². The fourth-order valence-corrected chi connectivity index (χ4v) is 6.50. The van der Waals surface area contributed by atoms with Gasteiger partial charge in [-0.15, -0.1) is 0 Å². The van der Waals surface area contributed by atoms with Crippen molar-refractivity contribution in [1.29, 1.82) is 0 Å². The van der Waals surface area contributed by atoms with Gasteiger partial charge in [-0.05, 0) is 91.3 Å². The highest BCUT2D eigenvalue weighted by Gasteiger charge is 2.40. The molecular formula is C33H35FN4O. The Morgan fingerprint density at radius 1 is 0.974 bits per heavy atom. The number of halogens is 1. The molecule has 2 aliphatic heterocycles. The average Bonchev–Trinajstić information content (AvgIpc) is 3.57. The van der Waals surface area contributed by atoms with Crippen molar-refractivity contribution in [2.24, 2.45) is 10.4 Å². The third kappa shape index (κ3) is 4.56. The second kappa shape index (κ2) is 10.1. The van der Waals surface area contributed by atoms with E-state index in [-0.39, 0.29) is 11.2 Å². The van der Waals surface area contributed by atoms with Crippen LogP contribution in [0.15, 0.2) is 59.5 Å². The topological polar surface area (TPSA) is 50.6 Å². The van der Waals surface area contributed by atoms with E-state index in [4.69, 9.17) is 14.7 Å². The number of benzene rings is 2. The predicted molar refractivity (Wildman–Crippen MR) is 157 cm³/mol. The van der Waals surface area contributed by atoms with E-state index in [1.54, 1.807) is 13.4 Å². The number of hydrogen-bond acceptors (Lipinski definition) is 5. The van der Waals surface area contributed by atoms with Gasteiger partial charge < -0.3 is 9.64 Å². The van der Waals surface area contributed by atoms with E-state index < -0.39 is 0 Å². The minimum atomic E-state index is -0.216. The molecule has 5 nitrogen and oxygen atoms in total. The number of aromatic nitrogens is 2. The normalized spacial score (nSPS) is 18.2. The van der Waals surface area contributed by atoms with Crippen LogP contribution in [-0.4, -0.2) is 35.9 Å². The molecule has 3 aromatic rings. The summed E-state index contributed by atoms with van der Waals surface area (Å²) in [4.78, 5) is 16.9. The van der Waals surface area contributed by atoms with Crippen LogP contribution >= 0.6 is 0 Å². The maximum absolute atomic E-state index is 13.5. The largest absolute Gasteiger partial charge is 0.496 e. The summed E-state index contributed by atoms with van der Waals surface area (Å²) in [7, 11) is 1.72. The number of ether oxygens (including phenoxy) is 1. The summed E-state index contributed by atoms with van der Waals surface area (Å²) in [6.07, 6.45) is 8.73. The van der Waals surface area contributed by atoms with Gasteiger partial charge in [-0.25, -0.2) is 14.4 Å². The Labute approximate surface area is 230 Å². The summed E-state index contributed by atoms with van der Waals surface area (Å²) in [6.45, 7) is 8.43. The van der Waals surface area contributed by atoms with Crippen molar-refractivity contribution >= 4 is 28.8 Å². The van der Waals surface area contributed by atoms with Gasteiger partial charge in [0.15, 0.2) is 0 Å². The van der Waals surface area contributed by atoms with Crippen molar-refractivity contribution in [2.45, 2.75) is 52.9 Å². The van der Waals surface area contributed by atoms with E-state index in [0.29, 0.717) is 0 Å². The molecule has 2 aromatic carbocycles. The highest BCUT2D eigenvalue weighted by molar-refractivity contribution is 6.03. The molecule has 1 saturated heterocycles. The molecular weight excluding hydrogens is 487 g/mol. The molecule has 0 amide bonds. The van der Waals surface area contributed by atoms with Crippen LogP contribution in [0.4, 0.5) is 10.2 Å². The fraction of sp³-hybridized carbons (Fsp3) is 0.364. The summed E-state index contributed by atoms with van der Waals surface area (Å²) in [6, 6.07) is 13.2. The average molecular weight is 523 g/mol. The van der Waals surface area contributed by atoms with Crippen LogP contribution in [0.1, 0.15) is 67.5 Å². The van der Waals surface area contributed by atoms with Crippen molar-refractivity contribution in [3.8, 4) is 5.75 Å². The molecule has 0 bridgehead atoms. The lowest BCUT2D eigenvalue weighted by Crippen LogP contribution is -2.44. The minimum absolute atomic E-state index is 0.104. The Hall–Kier alpha value is -3.80. The number of hydrogen-bond donors (Lipinski definition) is 0. The molecule has 1 fully saturated rings. The van der Waals surface area contributed by atoms with Crippen molar-refractivity contribution in [1.82, 2.24) is 9.97 Å². The Kier molecular flexibility index (Phi) is 6.57. The smallest absolute Gasteiger partial charge is 0.139 e. The summed E-state index contributed by atoms with van der Waals surface area (Å²) in [5, 5.41) is 0. The number of methoxy groups -OCH3 is 1. The molecule has 0 spiro atoms. The van der Waals surface area contributed by atoms with E-state index in [9.17, 15) is 4.39 Å². The molecule has 0 atom stereocenters. The van der Waals surface area contributed by atoms with Crippen molar-refractivity contribution < 1.29 is 9.13 Å². The molecule has 1 aromatic heterocycles. The second-order valence-corrected chi connectivity index (χ2v) is 11.0. The lowest BCUT2D eigenvalue weighted by Gasteiger charge is -2.42. The first kappa shape index (κ1) is 25.5. The molecule has 0 unspecified atom stereocenters. The zero-order valence-electron chi connectivity index (χ0n) is 23.2. The third-order valence-electron chi connectivity index (χ3n) is 8.97. The number of aliphatic imine (C=N–C) groups is 1. The van der Waals surface area contributed by atoms with E-state index >= 15 is 0 Å². The molecule has 0 N–H and O–H groups in total. The van der Waals surface area contributed by atoms with Gasteiger partial charge >= 0.3 is 0 Å². The predicted octanol–water partition coefficient (Wildman–Crippen LogP) is 7.30. The van der Waals surface area contributed by atoms with Crippen molar-refractivity contribution in [3.63, 3.8) is 0 Å².